The van der Waals surface area contributed by atoms with E-state index < -0.39 is 0 Å². The van der Waals surface area contributed by atoms with Gasteiger partial charge >= 0.3 is 0 Å². The molecule has 0 aromatic carbocycles. The Balaban J connectivity index is 1.51. The van der Waals surface area contributed by atoms with Crippen LogP contribution in [0.2, 0.25) is 0 Å². The number of nitrogens with zero attached hydrogens (tertiary/aromatic N) is 2. The molecule has 2 rings (SSSR count). The lowest BCUT2D eigenvalue weighted by molar-refractivity contribution is -0.121. The molecule has 1 atom stereocenters. The highest BCUT2D eigenvalue weighted by molar-refractivity contribution is 5.75. The molecule has 0 unspecified atom stereocenters. The summed E-state index contributed by atoms with van der Waals surface area (Å²) in [6.45, 7) is 2.15. The minimum absolute atomic E-state index is 0.0753. The normalized spacial score (nSPS) is 18.2. The van der Waals surface area contributed by atoms with Gasteiger partial charge in [0, 0.05) is 38.5 Å². The zero-order valence-electron chi connectivity index (χ0n) is 11.0. The van der Waals surface area contributed by atoms with Crippen LogP contribution in [0.5, 0.6) is 0 Å². The number of aromatic nitrogens is 2. The van der Waals surface area contributed by atoms with Crippen molar-refractivity contribution in [2.45, 2.75) is 31.8 Å². The van der Waals surface area contributed by atoms with Gasteiger partial charge in [-0.25, -0.2) is 9.97 Å². The summed E-state index contributed by atoms with van der Waals surface area (Å²) in [7, 11) is 0. The van der Waals surface area contributed by atoms with Gasteiger partial charge in [0.15, 0.2) is 0 Å². The van der Waals surface area contributed by atoms with Gasteiger partial charge in [-0.1, -0.05) is 0 Å². The van der Waals surface area contributed by atoms with Gasteiger partial charge in [0.2, 0.25) is 11.9 Å². The second-order valence-corrected chi connectivity index (χ2v) is 4.54. The fraction of sp³-hybridized carbons (Fsp3) is 0.615. The van der Waals surface area contributed by atoms with E-state index in [1.54, 1.807) is 18.5 Å². The number of nitrogens with one attached hydrogen (secondary N) is 2. The van der Waals surface area contributed by atoms with Crippen LogP contribution in [0.3, 0.4) is 0 Å². The van der Waals surface area contributed by atoms with Crippen molar-refractivity contribution >= 4 is 11.9 Å². The molecule has 0 saturated carbocycles. The molecule has 2 N–H and O–H groups in total. The molecule has 1 fully saturated rings. The largest absolute Gasteiger partial charge is 0.376 e. The summed E-state index contributed by atoms with van der Waals surface area (Å²) in [6.07, 6.45) is 6.99. The molecule has 1 aliphatic rings. The van der Waals surface area contributed by atoms with Crippen molar-refractivity contribution in [2.24, 2.45) is 0 Å². The maximum atomic E-state index is 11.6. The zero-order valence-corrected chi connectivity index (χ0v) is 11.0. The van der Waals surface area contributed by atoms with Crippen LogP contribution in [-0.2, 0) is 9.53 Å². The van der Waals surface area contributed by atoms with Gasteiger partial charge in [0.1, 0.15) is 0 Å². The molecular weight excluding hydrogens is 244 g/mol. The Morgan fingerprint density at radius 1 is 1.42 bits per heavy atom. The van der Waals surface area contributed by atoms with E-state index in [9.17, 15) is 4.79 Å². The quantitative estimate of drug-likeness (QED) is 0.717. The standard InChI is InChI=1S/C13H20N4O2/c18-12(17-10-11-4-2-9-19-11)5-1-6-14-13-15-7-3-8-16-13/h3,7-8,11H,1-2,4-6,9-10H2,(H,17,18)(H,14,15,16)/t11-/m1/s1. The number of rotatable bonds is 7. The van der Waals surface area contributed by atoms with Gasteiger partial charge in [0.25, 0.3) is 0 Å². The smallest absolute Gasteiger partial charge is 0.222 e. The number of ether oxygens (including phenoxy) is 1. The van der Waals surface area contributed by atoms with Gasteiger partial charge in [-0.2, -0.15) is 0 Å². The Hall–Kier alpha value is -1.69. The molecule has 0 spiro atoms. The van der Waals surface area contributed by atoms with E-state index in [1.807, 2.05) is 0 Å². The number of hydrogen-bond acceptors (Lipinski definition) is 5. The van der Waals surface area contributed by atoms with Crippen molar-refractivity contribution in [1.29, 1.82) is 0 Å². The Kier molecular flexibility index (Phi) is 5.55. The molecule has 6 heteroatoms. The summed E-state index contributed by atoms with van der Waals surface area (Å²) in [5, 5.41) is 5.97. The van der Waals surface area contributed by atoms with Crippen LogP contribution in [-0.4, -0.2) is 41.7 Å². The molecule has 0 radical (unpaired) electrons. The average molecular weight is 264 g/mol. The molecular formula is C13H20N4O2. The second kappa shape index (κ2) is 7.68. The summed E-state index contributed by atoms with van der Waals surface area (Å²) in [6, 6.07) is 1.77. The molecule has 1 saturated heterocycles. The monoisotopic (exact) mass is 264 g/mol. The SMILES string of the molecule is O=C(CCCNc1ncccn1)NC[C@H]1CCCO1. The van der Waals surface area contributed by atoms with Crippen molar-refractivity contribution in [3.8, 4) is 0 Å². The highest BCUT2D eigenvalue weighted by atomic mass is 16.5. The van der Waals surface area contributed by atoms with E-state index in [0.717, 1.165) is 25.9 Å². The molecule has 0 aliphatic carbocycles. The van der Waals surface area contributed by atoms with Crippen molar-refractivity contribution < 1.29 is 9.53 Å². The van der Waals surface area contributed by atoms with Crippen LogP contribution in [0.4, 0.5) is 5.95 Å². The third-order valence-electron chi connectivity index (χ3n) is 2.98. The van der Waals surface area contributed by atoms with Gasteiger partial charge < -0.3 is 15.4 Å². The summed E-state index contributed by atoms with van der Waals surface area (Å²) >= 11 is 0. The predicted molar refractivity (Wildman–Crippen MR) is 71.7 cm³/mol. The minimum Gasteiger partial charge on any atom is -0.376 e. The lowest BCUT2D eigenvalue weighted by atomic mass is 10.2. The number of carbonyl (C=O) groups is 1. The van der Waals surface area contributed by atoms with Crippen molar-refractivity contribution in [3.63, 3.8) is 0 Å². The van der Waals surface area contributed by atoms with Gasteiger partial charge in [0.05, 0.1) is 6.10 Å². The Bertz CT molecular complexity index is 379. The molecule has 104 valence electrons. The lowest BCUT2D eigenvalue weighted by Crippen LogP contribution is -2.31. The van der Waals surface area contributed by atoms with Crippen molar-refractivity contribution in [2.75, 3.05) is 25.0 Å². The van der Waals surface area contributed by atoms with E-state index in [0.29, 0.717) is 25.5 Å². The van der Waals surface area contributed by atoms with Crippen LogP contribution in [0.15, 0.2) is 18.5 Å². The van der Waals surface area contributed by atoms with E-state index in [1.165, 1.54) is 0 Å². The maximum absolute atomic E-state index is 11.6. The summed E-state index contributed by atoms with van der Waals surface area (Å²) in [5.41, 5.74) is 0. The minimum atomic E-state index is 0.0753. The van der Waals surface area contributed by atoms with Crippen LogP contribution in [0.1, 0.15) is 25.7 Å². The van der Waals surface area contributed by atoms with E-state index in [2.05, 4.69) is 20.6 Å². The van der Waals surface area contributed by atoms with Crippen LogP contribution >= 0.6 is 0 Å². The number of hydrogen-bond donors (Lipinski definition) is 2. The van der Waals surface area contributed by atoms with E-state index >= 15 is 0 Å². The first-order valence-electron chi connectivity index (χ1n) is 6.74. The molecule has 1 aliphatic heterocycles. The number of amides is 1. The lowest BCUT2D eigenvalue weighted by Gasteiger charge is -2.10. The highest BCUT2D eigenvalue weighted by Crippen LogP contribution is 2.10. The van der Waals surface area contributed by atoms with Crippen molar-refractivity contribution in [3.05, 3.63) is 18.5 Å². The van der Waals surface area contributed by atoms with E-state index in [-0.39, 0.29) is 12.0 Å². The molecule has 1 aromatic rings. The molecule has 6 nitrogen and oxygen atoms in total. The van der Waals surface area contributed by atoms with Crippen LogP contribution in [0.25, 0.3) is 0 Å². The van der Waals surface area contributed by atoms with Crippen molar-refractivity contribution in [1.82, 2.24) is 15.3 Å². The average Bonchev–Trinajstić information content (AvgIpc) is 2.96. The third kappa shape index (κ3) is 5.21. The number of anilines is 1. The second-order valence-electron chi connectivity index (χ2n) is 4.54. The van der Waals surface area contributed by atoms with E-state index in [4.69, 9.17) is 4.74 Å². The van der Waals surface area contributed by atoms with Crippen LogP contribution < -0.4 is 10.6 Å². The Morgan fingerprint density at radius 3 is 3.00 bits per heavy atom. The summed E-state index contributed by atoms with van der Waals surface area (Å²) in [4.78, 5) is 19.7. The molecule has 1 amide bonds. The highest BCUT2D eigenvalue weighted by Gasteiger charge is 2.15. The first-order valence-corrected chi connectivity index (χ1v) is 6.74. The first kappa shape index (κ1) is 13.7. The molecule has 2 heterocycles. The molecule has 0 bridgehead atoms. The maximum Gasteiger partial charge on any atom is 0.222 e. The molecule has 1 aromatic heterocycles. The number of carbonyl (C=O) groups excluding carboxylic acids is 1. The van der Waals surface area contributed by atoms with Gasteiger partial charge in [-0.05, 0) is 25.3 Å². The summed E-state index contributed by atoms with van der Waals surface area (Å²) < 4.78 is 5.44. The summed E-state index contributed by atoms with van der Waals surface area (Å²) in [5.74, 6) is 0.675. The fourth-order valence-corrected chi connectivity index (χ4v) is 1.96. The van der Waals surface area contributed by atoms with Gasteiger partial charge in [-0.3, -0.25) is 4.79 Å². The predicted octanol–water partition coefficient (Wildman–Crippen LogP) is 0.964. The Labute approximate surface area is 113 Å². The molecule has 19 heavy (non-hydrogen) atoms. The Morgan fingerprint density at radius 2 is 2.26 bits per heavy atom. The first-order chi connectivity index (χ1) is 9.34. The third-order valence-corrected chi connectivity index (χ3v) is 2.98. The van der Waals surface area contributed by atoms with Crippen LogP contribution in [0, 0.1) is 0 Å². The fourth-order valence-electron chi connectivity index (χ4n) is 1.96. The van der Waals surface area contributed by atoms with Gasteiger partial charge in [-0.15, -0.1) is 0 Å². The zero-order chi connectivity index (χ0) is 13.3. The topological polar surface area (TPSA) is 76.1 Å².